The predicted molar refractivity (Wildman–Crippen MR) is 104 cm³/mol. The summed E-state index contributed by atoms with van der Waals surface area (Å²) in [6.07, 6.45) is 3.80. The molecule has 0 bridgehead atoms. The van der Waals surface area contributed by atoms with E-state index < -0.39 is 17.4 Å². The van der Waals surface area contributed by atoms with Crippen molar-refractivity contribution < 1.29 is 19.1 Å². The molecule has 0 saturated heterocycles. The Bertz CT molecular complexity index is 823. The number of esters is 2. The zero-order valence-electron chi connectivity index (χ0n) is 16.2. The lowest BCUT2D eigenvalue weighted by Gasteiger charge is -2.22. The number of hydrogen-bond acceptors (Lipinski definition) is 4. The maximum Gasteiger partial charge on any atom is 0.323 e. The van der Waals surface area contributed by atoms with Crippen molar-refractivity contribution in [2.75, 3.05) is 14.2 Å². The summed E-state index contributed by atoms with van der Waals surface area (Å²) in [4.78, 5) is 25.2. The van der Waals surface area contributed by atoms with Crippen LogP contribution in [0.5, 0.6) is 0 Å². The average molecular weight is 366 g/mol. The van der Waals surface area contributed by atoms with Crippen LogP contribution in [0.3, 0.4) is 0 Å². The van der Waals surface area contributed by atoms with Gasteiger partial charge in [0.25, 0.3) is 0 Å². The van der Waals surface area contributed by atoms with E-state index in [9.17, 15) is 9.59 Å². The van der Waals surface area contributed by atoms with E-state index in [1.807, 2.05) is 18.2 Å². The Balaban J connectivity index is 2.15. The monoisotopic (exact) mass is 366 g/mol. The minimum absolute atomic E-state index is 0.311. The molecular formula is C23H26O4. The highest BCUT2D eigenvalue weighted by Gasteiger charge is 2.53. The lowest BCUT2D eigenvalue weighted by atomic mass is 9.84. The quantitative estimate of drug-likeness (QED) is 0.570. The molecule has 0 N–H and O–H groups in total. The van der Waals surface area contributed by atoms with Gasteiger partial charge in [0.2, 0.25) is 0 Å². The standard InChI is InChI=1S/C23H26O4/c1-4-5-9-17-12-13-18-14-23(21(24)26-2,22(25)27-3)15-19(18)20(17)16-10-7-6-8-11-16/h6-8,10-13H,4-5,9,14-15H2,1-3H3. The van der Waals surface area contributed by atoms with Gasteiger partial charge in [0.05, 0.1) is 14.2 Å². The van der Waals surface area contributed by atoms with E-state index >= 15 is 0 Å². The van der Waals surface area contributed by atoms with Crippen LogP contribution in [-0.2, 0) is 38.3 Å². The molecule has 0 heterocycles. The van der Waals surface area contributed by atoms with Crippen LogP contribution in [0, 0.1) is 5.41 Å². The van der Waals surface area contributed by atoms with Crippen LogP contribution in [-0.4, -0.2) is 26.2 Å². The fourth-order valence-corrected chi connectivity index (χ4v) is 4.10. The summed E-state index contributed by atoms with van der Waals surface area (Å²) in [6.45, 7) is 2.18. The third-order valence-electron chi connectivity index (χ3n) is 5.48. The minimum atomic E-state index is -1.29. The molecule has 2 aromatic carbocycles. The maximum absolute atomic E-state index is 12.6. The number of ether oxygens (including phenoxy) is 2. The molecular weight excluding hydrogens is 340 g/mol. The van der Waals surface area contributed by atoms with Gasteiger partial charge in [-0.3, -0.25) is 9.59 Å². The average Bonchev–Trinajstić information content (AvgIpc) is 3.12. The molecule has 1 aliphatic carbocycles. The SMILES string of the molecule is CCCCc1ccc2c(c1-c1ccccc1)CC(C(=O)OC)(C(=O)OC)C2. The molecule has 0 spiro atoms. The van der Waals surface area contributed by atoms with Crippen molar-refractivity contribution in [1.29, 1.82) is 0 Å². The van der Waals surface area contributed by atoms with Gasteiger partial charge < -0.3 is 9.47 Å². The Labute approximate surface area is 160 Å². The Morgan fingerprint density at radius 1 is 0.963 bits per heavy atom. The molecule has 0 atom stereocenters. The van der Waals surface area contributed by atoms with Gasteiger partial charge >= 0.3 is 11.9 Å². The van der Waals surface area contributed by atoms with E-state index in [0.29, 0.717) is 12.8 Å². The Morgan fingerprint density at radius 2 is 1.63 bits per heavy atom. The van der Waals surface area contributed by atoms with Crippen LogP contribution >= 0.6 is 0 Å². The first-order chi connectivity index (χ1) is 13.1. The molecule has 3 rings (SSSR count). The van der Waals surface area contributed by atoms with Crippen LogP contribution in [0.15, 0.2) is 42.5 Å². The van der Waals surface area contributed by atoms with Crippen molar-refractivity contribution in [3.8, 4) is 11.1 Å². The van der Waals surface area contributed by atoms with Crippen LogP contribution in [0.4, 0.5) is 0 Å². The molecule has 27 heavy (non-hydrogen) atoms. The van der Waals surface area contributed by atoms with Gasteiger partial charge in [0.1, 0.15) is 0 Å². The van der Waals surface area contributed by atoms with E-state index in [1.165, 1.54) is 19.8 Å². The van der Waals surface area contributed by atoms with Crippen LogP contribution < -0.4 is 0 Å². The highest BCUT2D eigenvalue weighted by molar-refractivity contribution is 6.02. The second-order valence-corrected chi connectivity index (χ2v) is 7.13. The fraction of sp³-hybridized carbons (Fsp3) is 0.391. The number of methoxy groups -OCH3 is 2. The Kier molecular flexibility index (Phi) is 5.64. The van der Waals surface area contributed by atoms with Gasteiger partial charge in [0, 0.05) is 6.42 Å². The second kappa shape index (κ2) is 7.95. The number of carbonyl (C=O) groups excluding carboxylic acids is 2. The smallest absolute Gasteiger partial charge is 0.323 e. The number of rotatable bonds is 6. The van der Waals surface area contributed by atoms with Crippen molar-refractivity contribution >= 4 is 11.9 Å². The first-order valence-corrected chi connectivity index (χ1v) is 9.43. The number of unbranched alkanes of at least 4 members (excludes halogenated alkanes) is 1. The van der Waals surface area contributed by atoms with Crippen LogP contribution in [0.25, 0.3) is 11.1 Å². The van der Waals surface area contributed by atoms with E-state index in [0.717, 1.165) is 41.5 Å². The molecule has 1 aliphatic rings. The van der Waals surface area contributed by atoms with E-state index in [1.54, 1.807) is 0 Å². The summed E-state index contributed by atoms with van der Waals surface area (Å²) in [5.41, 5.74) is 4.31. The first-order valence-electron chi connectivity index (χ1n) is 9.43. The molecule has 0 fully saturated rings. The number of aryl methyl sites for hydroxylation is 1. The normalized spacial score (nSPS) is 14.5. The summed E-state index contributed by atoms with van der Waals surface area (Å²) < 4.78 is 9.99. The van der Waals surface area contributed by atoms with E-state index in [-0.39, 0.29) is 0 Å². The van der Waals surface area contributed by atoms with E-state index in [4.69, 9.17) is 9.47 Å². The number of carbonyl (C=O) groups is 2. The second-order valence-electron chi connectivity index (χ2n) is 7.13. The van der Waals surface area contributed by atoms with Gasteiger partial charge in [-0.2, -0.15) is 0 Å². The molecule has 0 saturated carbocycles. The van der Waals surface area contributed by atoms with Crippen LogP contribution in [0.2, 0.25) is 0 Å². The molecule has 2 aromatic rings. The third-order valence-corrected chi connectivity index (χ3v) is 5.48. The number of hydrogen-bond donors (Lipinski definition) is 0. The van der Waals surface area contributed by atoms with Crippen molar-refractivity contribution in [1.82, 2.24) is 0 Å². The van der Waals surface area contributed by atoms with Crippen LogP contribution in [0.1, 0.15) is 36.5 Å². The van der Waals surface area contributed by atoms with Crippen molar-refractivity contribution in [2.45, 2.75) is 39.0 Å². The molecule has 4 nitrogen and oxygen atoms in total. The maximum atomic E-state index is 12.6. The predicted octanol–water partition coefficient (Wildman–Crippen LogP) is 4.13. The van der Waals surface area contributed by atoms with Gasteiger partial charge in [-0.05, 0) is 47.1 Å². The molecule has 0 amide bonds. The summed E-state index contributed by atoms with van der Waals surface area (Å²) >= 11 is 0. The van der Waals surface area contributed by atoms with E-state index in [2.05, 4.69) is 31.2 Å². The molecule has 0 aromatic heterocycles. The minimum Gasteiger partial charge on any atom is -0.468 e. The summed E-state index contributed by atoms with van der Waals surface area (Å²) in [5, 5.41) is 0. The summed E-state index contributed by atoms with van der Waals surface area (Å²) in [5.74, 6) is -1.06. The number of benzene rings is 2. The van der Waals surface area contributed by atoms with Gasteiger partial charge in [-0.25, -0.2) is 0 Å². The topological polar surface area (TPSA) is 52.6 Å². The Hall–Kier alpha value is -2.62. The lowest BCUT2D eigenvalue weighted by Crippen LogP contribution is -2.42. The van der Waals surface area contributed by atoms with Crippen molar-refractivity contribution in [3.05, 3.63) is 59.2 Å². The zero-order chi connectivity index (χ0) is 19.4. The highest BCUT2D eigenvalue weighted by Crippen LogP contribution is 2.44. The first kappa shape index (κ1) is 19.2. The third kappa shape index (κ3) is 3.36. The summed E-state index contributed by atoms with van der Waals surface area (Å²) in [7, 11) is 2.64. The zero-order valence-corrected chi connectivity index (χ0v) is 16.2. The fourth-order valence-electron chi connectivity index (χ4n) is 4.10. The molecule has 0 unspecified atom stereocenters. The molecule has 4 heteroatoms. The number of fused-ring (bicyclic) bond motifs is 1. The summed E-state index contributed by atoms with van der Waals surface area (Å²) in [6, 6.07) is 14.4. The van der Waals surface area contributed by atoms with Gasteiger partial charge in [-0.1, -0.05) is 55.8 Å². The Morgan fingerprint density at radius 3 is 2.22 bits per heavy atom. The van der Waals surface area contributed by atoms with Gasteiger partial charge in [-0.15, -0.1) is 0 Å². The highest BCUT2D eigenvalue weighted by atomic mass is 16.5. The van der Waals surface area contributed by atoms with Crippen molar-refractivity contribution in [3.63, 3.8) is 0 Å². The van der Waals surface area contributed by atoms with Crippen molar-refractivity contribution in [2.24, 2.45) is 5.41 Å². The molecule has 0 aliphatic heterocycles. The molecule has 0 radical (unpaired) electrons. The molecule has 142 valence electrons. The van der Waals surface area contributed by atoms with Gasteiger partial charge in [0.15, 0.2) is 5.41 Å². The lowest BCUT2D eigenvalue weighted by molar-refractivity contribution is -0.168. The largest absolute Gasteiger partial charge is 0.468 e.